The van der Waals surface area contributed by atoms with Crippen molar-refractivity contribution in [3.8, 4) is 0 Å². The summed E-state index contributed by atoms with van der Waals surface area (Å²) in [5, 5.41) is 0. The Bertz CT molecular complexity index is 1870. The van der Waals surface area contributed by atoms with Crippen molar-refractivity contribution >= 4 is 15.8 Å². The van der Waals surface area contributed by atoms with Crippen molar-refractivity contribution in [2.24, 2.45) is 0 Å². The number of halogens is 37. The highest BCUT2D eigenvalue weighted by atomic mass is 32.2. The first-order valence-electron chi connectivity index (χ1n) is 13.8. The normalized spacial score (nSPS) is 16.4. The van der Waals surface area contributed by atoms with Gasteiger partial charge in [0.15, 0.2) is 10.1 Å². The predicted molar refractivity (Wildman–Crippen MR) is 124 cm³/mol. The number of hydrogen-bond acceptors (Lipinski definition) is 3. The second-order valence-corrected chi connectivity index (χ2v) is 13.2. The van der Waals surface area contributed by atoms with Crippen molar-refractivity contribution in [2.75, 3.05) is 0 Å². The summed E-state index contributed by atoms with van der Waals surface area (Å²) in [7, 11) is -6.09. The summed E-state index contributed by atoms with van der Waals surface area (Å²) in [6.07, 6.45) is -16.4. The number of alkyl halides is 37. The zero-order valence-electron chi connectivity index (χ0n) is 28.1. The molecule has 0 saturated carbocycles. The standard InChI is InChI=1S/C22H5F34N.CHF3O3S/c23-7(24,9(27,28)11(31,32)13(35,36)15(39,40)17(43,44)19(47,48)21(51,52)53)4-1-5(3-6(57)2-4)8(25,26)10(29,30)12(33,34)14(37,38)16(41,42)18(45,46)20(49,50)22(54,55)56;2-1(3,4)8(5,6)7/h1-3H,57H2;(H,5,6,7). The molecule has 0 aromatic heterocycles. The Kier molecular flexibility index (Phi) is 14.9. The summed E-state index contributed by atoms with van der Waals surface area (Å²) in [4.78, 5) is 0. The van der Waals surface area contributed by atoms with Gasteiger partial charge in [0.05, 0.1) is 0 Å². The first-order chi connectivity index (χ1) is 27.4. The molecule has 3 N–H and O–H groups in total. The number of quaternary nitrogens is 1. The molecule has 0 aliphatic carbocycles. The Balaban J connectivity index is 0.00000464. The molecule has 0 aliphatic rings. The van der Waals surface area contributed by atoms with Gasteiger partial charge in [-0.25, -0.2) is 8.42 Å². The van der Waals surface area contributed by atoms with Crippen LogP contribution in [0.4, 0.5) is 168 Å². The van der Waals surface area contributed by atoms with Crippen molar-refractivity contribution in [1.29, 1.82) is 0 Å². The van der Waals surface area contributed by atoms with Gasteiger partial charge >= 0.3 is 101 Å². The van der Waals surface area contributed by atoms with E-state index in [1.165, 1.54) is 0 Å². The molecule has 0 bridgehead atoms. The SMILES string of the molecule is O=S(=O)([O-])C(F)(F)F.[NH3+]c1cc(C(F)(F)C(F)(F)C(F)(F)C(F)(F)C(F)(F)C(F)(F)C(F)(F)C(F)(F)F)cc(C(F)(F)C(F)(F)C(F)(F)C(F)(F)C(F)(F)C(F)(F)C(F)(F)C(F)(F)F)c1. The third-order valence-corrected chi connectivity index (χ3v) is 8.01. The molecule has 65 heavy (non-hydrogen) atoms. The zero-order chi connectivity index (χ0) is 53.9. The molecule has 0 atom stereocenters. The maximum atomic E-state index is 14.6. The molecule has 0 saturated heterocycles. The molecule has 0 radical (unpaired) electrons. The van der Waals surface area contributed by atoms with Gasteiger partial charge in [-0.2, -0.15) is 162 Å². The maximum Gasteiger partial charge on any atom is 0.485 e. The van der Waals surface area contributed by atoms with Crippen molar-refractivity contribution in [3.63, 3.8) is 0 Å². The Hall–Kier alpha value is -3.50. The smallest absolute Gasteiger partial charge is 0.485 e. The third-order valence-electron chi connectivity index (χ3n) is 7.45. The molecule has 4 nitrogen and oxygen atoms in total. The van der Waals surface area contributed by atoms with Crippen molar-refractivity contribution in [2.45, 2.75) is 101 Å². The summed E-state index contributed by atoms with van der Waals surface area (Å²) >= 11 is 0. The van der Waals surface area contributed by atoms with Gasteiger partial charge in [0.1, 0.15) is 5.69 Å². The average molecular weight is 1080 g/mol. The highest BCUT2D eigenvalue weighted by molar-refractivity contribution is 7.86. The van der Waals surface area contributed by atoms with Crippen LogP contribution in [0.1, 0.15) is 11.1 Å². The van der Waals surface area contributed by atoms with Crippen LogP contribution in [-0.4, -0.2) is 102 Å². The van der Waals surface area contributed by atoms with Crippen LogP contribution in [0.15, 0.2) is 18.2 Å². The van der Waals surface area contributed by atoms with E-state index in [9.17, 15) is 162 Å². The minimum atomic E-state index is -9.36. The lowest BCUT2D eigenvalue weighted by Crippen LogP contribution is -2.74. The van der Waals surface area contributed by atoms with E-state index in [1.807, 2.05) is 0 Å². The van der Waals surface area contributed by atoms with E-state index >= 15 is 0 Å². The quantitative estimate of drug-likeness (QED) is 0.114. The van der Waals surface area contributed by atoms with Crippen LogP contribution < -0.4 is 5.73 Å². The minimum Gasteiger partial charge on any atom is -0.741 e. The van der Waals surface area contributed by atoms with Crippen LogP contribution in [0.3, 0.4) is 0 Å². The summed E-state index contributed by atoms with van der Waals surface area (Å²) in [5.74, 6) is -125. The fraction of sp³-hybridized carbons (Fsp3) is 0.739. The monoisotopic (exact) mass is 1080 g/mol. The molecule has 0 amide bonds. The van der Waals surface area contributed by atoms with E-state index in [-0.39, 0.29) is 0 Å². The van der Waals surface area contributed by atoms with Gasteiger partial charge in [0.2, 0.25) is 0 Å². The van der Waals surface area contributed by atoms with Gasteiger partial charge in [-0.1, -0.05) is 0 Å². The number of rotatable bonds is 14. The molecule has 0 unspecified atom stereocenters. The first-order valence-corrected chi connectivity index (χ1v) is 15.2. The summed E-state index contributed by atoms with van der Waals surface area (Å²) in [6.45, 7) is 0. The van der Waals surface area contributed by atoms with Crippen molar-refractivity contribution in [1.82, 2.24) is 0 Å². The third kappa shape index (κ3) is 8.56. The first kappa shape index (κ1) is 61.5. The Morgan fingerprint density at radius 1 is 0.308 bits per heavy atom. The van der Waals surface area contributed by atoms with Gasteiger partial charge < -0.3 is 10.3 Å². The van der Waals surface area contributed by atoms with E-state index in [4.69, 9.17) is 13.0 Å². The van der Waals surface area contributed by atoms with E-state index in [2.05, 4.69) is 5.73 Å². The van der Waals surface area contributed by atoms with Gasteiger partial charge in [-0.3, -0.25) is 0 Å². The van der Waals surface area contributed by atoms with Crippen LogP contribution in [0.2, 0.25) is 0 Å². The van der Waals surface area contributed by atoms with Crippen LogP contribution in [0.25, 0.3) is 0 Å². The van der Waals surface area contributed by atoms with Gasteiger partial charge in [-0.15, -0.1) is 0 Å². The van der Waals surface area contributed by atoms with Crippen molar-refractivity contribution < 1.29 is 181 Å². The van der Waals surface area contributed by atoms with E-state index in [0.717, 1.165) is 0 Å². The number of hydrogen-bond donors (Lipinski definition) is 1. The second kappa shape index (κ2) is 15.8. The molecule has 42 heteroatoms. The Morgan fingerprint density at radius 3 is 0.615 bits per heavy atom. The highest BCUT2D eigenvalue weighted by Gasteiger charge is 2.97. The molecule has 0 aliphatic heterocycles. The lowest BCUT2D eigenvalue weighted by Gasteiger charge is -2.43. The Morgan fingerprint density at radius 2 is 0.462 bits per heavy atom. The summed E-state index contributed by atoms with van der Waals surface area (Å²) in [6, 6.07) is -4.88. The lowest BCUT2D eigenvalue weighted by atomic mass is 9.85. The van der Waals surface area contributed by atoms with Gasteiger partial charge in [-0.05, 0) is 6.07 Å². The van der Waals surface area contributed by atoms with E-state index in [1.54, 1.807) is 0 Å². The second-order valence-electron chi connectivity index (χ2n) is 11.9. The van der Waals surface area contributed by atoms with E-state index < -0.39 is 146 Å². The zero-order valence-corrected chi connectivity index (χ0v) is 28.9. The fourth-order valence-electron chi connectivity index (χ4n) is 3.74. The molecular weight excluding hydrogens is 1070 g/mol. The molecule has 386 valence electrons. The van der Waals surface area contributed by atoms with Crippen molar-refractivity contribution in [3.05, 3.63) is 29.3 Å². The van der Waals surface area contributed by atoms with Crippen LogP contribution in [0.5, 0.6) is 0 Å². The van der Waals surface area contributed by atoms with Crippen LogP contribution >= 0.6 is 0 Å². The molecule has 1 aromatic rings. The lowest BCUT2D eigenvalue weighted by molar-refractivity contribution is -0.463. The fourth-order valence-corrected chi connectivity index (χ4v) is 3.74. The van der Waals surface area contributed by atoms with E-state index in [0.29, 0.717) is 0 Å². The average Bonchev–Trinajstić information content (AvgIpc) is 3.05. The highest BCUT2D eigenvalue weighted by Crippen LogP contribution is 2.67. The van der Waals surface area contributed by atoms with Gasteiger partial charge in [0, 0.05) is 23.3 Å². The maximum absolute atomic E-state index is 14.6. The van der Waals surface area contributed by atoms with Crippen LogP contribution in [0, 0.1) is 0 Å². The summed E-state index contributed by atoms with van der Waals surface area (Å²) in [5.41, 5.74) is -13.9. The minimum absolute atomic E-state index is 1.33. The molecular formula is C23H6F37NO3S. The largest absolute Gasteiger partial charge is 0.741 e. The molecule has 1 aromatic carbocycles. The predicted octanol–water partition coefficient (Wildman–Crippen LogP) is 11.5. The Labute approximate surface area is 328 Å². The topological polar surface area (TPSA) is 84.8 Å². The molecule has 0 fully saturated rings. The summed E-state index contributed by atoms with van der Waals surface area (Å²) < 4.78 is 520. The molecule has 0 heterocycles. The molecule has 1 rings (SSSR count). The van der Waals surface area contributed by atoms with Crippen LogP contribution in [-0.2, 0) is 22.0 Å². The molecule has 0 spiro atoms. The van der Waals surface area contributed by atoms with Gasteiger partial charge in [0.25, 0.3) is 0 Å². The number of benzene rings is 1.